The summed E-state index contributed by atoms with van der Waals surface area (Å²) in [5.74, 6) is -1.63. The van der Waals surface area contributed by atoms with Gasteiger partial charge in [-0.25, -0.2) is 13.6 Å². The number of nitriles is 1. The lowest BCUT2D eigenvalue weighted by molar-refractivity contribution is 0.00806. The van der Waals surface area contributed by atoms with Crippen LogP contribution in [0, 0.1) is 23.1 Å². The molecule has 0 aliphatic carbocycles. The molecule has 3 aromatic rings. The molecule has 1 aliphatic rings. The topological polar surface area (TPSA) is 53.3 Å². The molecule has 0 aromatic heterocycles. The van der Waals surface area contributed by atoms with Gasteiger partial charge >= 0.3 is 5.97 Å². The number of esters is 1. The Hall–Kier alpha value is -3.27. The van der Waals surface area contributed by atoms with Gasteiger partial charge in [-0.15, -0.1) is 0 Å². The SMILES string of the molecule is CCOC(=O)c1cccc(C(c2ccc(Cl)cc2)N2CC(C(c3cc(F)cc(C#N)c3)C(C)(C)F)C2)c1. The molecule has 0 bridgehead atoms. The second-order valence-corrected chi connectivity index (χ2v) is 10.4. The van der Waals surface area contributed by atoms with Crippen molar-refractivity contribution in [2.45, 2.75) is 38.4 Å². The summed E-state index contributed by atoms with van der Waals surface area (Å²) in [5.41, 5.74) is 1.38. The van der Waals surface area contributed by atoms with Crippen LogP contribution in [0.1, 0.15) is 65.3 Å². The van der Waals surface area contributed by atoms with E-state index in [1.165, 1.54) is 19.9 Å². The molecule has 4 nitrogen and oxygen atoms in total. The number of benzene rings is 3. The van der Waals surface area contributed by atoms with Crippen LogP contribution in [-0.4, -0.2) is 36.2 Å². The Kier molecular flexibility index (Phi) is 7.96. The van der Waals surface area contributed by atoms with E-state index < -0.39 is 17.4 Å². The number of ether oxygens (including phenoxy) is 1. The molecule has 4 rings (SSSR count). The van der Waals surface area contributed by atoms with Gasteiger partial charge in [0.15, 0.2) is 0 Å². The number of nitrogens with zero attached hydrogens (tertiary/aromatic N) is 2. The van der Waals surface area contributed by atoms with Crippen LogP contribution in [0.3, 0.4) is 0 Å². The fraction of sp³-hybridized carbons (Fsp3) is 0.333. The highest BCUT2D eigenvalue weighted by atomic mass is 35.5. The summed E-state index contributed by atoms with van der Waals surface area (Å²) < 4.78 is 35.0. The number of carbonyl (C=O) groups is 1. The lowest BCUT2D eigenvalue weighted by atomic mass is 9.72. The van der Waals surface area contributed by atoms with E-state index in [9.17, 15) is 14.4 Å². The van der Waals surface area contributed by atoms with Gasteiger partial charge in [-0.2, -0.15) is 5.26 Å². The minimum absolute atomic E-state index is 0.101. The van der Waals surface area contributed by atoms with Crippen molar-refractivity contribution >= 4 is 17.6 Å². The van der Waals surface area contributed by atoms with E-state index >= 15 is 4.39 Å². The maximum absolute atomic E-state index is 15.5. The molecule has 1 aliphatic heterocycles. The first-order chi connectivity index (χ1) is 17.6. The number of alkyl halides is 1. The quantitative estimate of drug-likeness (QED) is 0.297. The number of hydrogen-bond acceptors (Lipinski definition) is 4. The second-order valence-electron chi connectivity index (χ2n) is 9.94. The molecule has 0 N–H and O–H groups in total. The summed E-state index contributed by atoms with van der Waals surface area (Å²) in [6.07, 6.45) is 0. The molecule has 2 unspecified atom stereocenters. The molecule has 2 atom stereocenters. The molecule has 3 aromatic carbocycles. The van der Waals surface area contributed by atoms with Crippen molar-refractivity contribution in [2.24, 2.45) is 5.92 Å². The van der Waals surface area contributed by atoms with Crippen LogP contribution in [0.25, 0.3) is 0 Å². The maximum Gasteiger partial charge on any atom is 0.338 e. The third kappa shape index (κ3) is 6.01. The predicted octanol–water partition coefficient (Wildman–Crippen LogP) is 7.08. The van der Waals surface area contributed by atoms with Crippen LogP contribution in [0.15, 0.2) is 66.7 Å². The summed E-state index contributed by atoms with van der Waals surface area (Å²) in [4.78, 5) is 14.6. The van der Waals surface area contributed by atoms with Gasteiger partial charge in [-0.3, -0.25) is 4.90 Å². The average Bonchev–Trinajstić information content (AvgIpc) is 2.82. The van der Waals surface area contributed by atoms with Gasteiger partial charge in [-0.05, 0) is 85.8 Å². The minimum atomic E-state index is -1.63. The lowest BCUT2D eigenvalue weighted by Gasteiger charge is -2.50. The van der Waals surface area contributed by atoms with E-state index in [1.807, 2.05) is 48.5 Å². The molecule has 7 heteroatoms. The average molecular weight is 523 g/mol. The third-order valence-corrected chi connectivity index (χ3v) is 7.07. The monoisotopic (exact) mass is 522 g/mol. The fourth-order valence-electron chi connectivity index (χ4n) is 5.37. The van der Waals surface area contributed by atoms with E-state index in [-0.39, 0.29) is 30.1 Å². The zero-order valence-electron chi connectivity index (χ0n) is 21.0. The van der Waals surface area contributed by atoms with E-state index in [1.54, 1.807) is 19.1 Å². The standard InChI is InChI=1S/C30H29ClF2N2O2/c1-4-37-29(36)22-7-5-6-21(14-22)28(20-8-10-25(31)11-9-20)35-17-24(18-35)27(30(2,3)33)23-12-19(16-34)13-26(32)15-23/h5-15,24,27-28H,4,17-18H2,1-3H3. The van der Waals surface area contributed by atoms with Gasteiger partial charge in [0.25, 0.3) is 0 Å². The van der Waals surface area contributed by atoms with Crippen LogP contribution >= 0.6 is 11.6 Å². The summed E-state index contributed by atoms with van der Waals surface area (Å²) in [6.45, 7) is 6.14. The van der Waals surface area contributed by atoms with Crippen molar-refractivity contribution in [1.82, 2.24) is 4.90 Å². The number of likely N-dealkylation sites (tertiary alicyclic amines) is 1. The summed E-state index contributed by atoms with van der Waals surface area (Å²) in [5, 5.41) is 9.92. The summed E-state index contributed by atoms with van der Waals surface area (Å²) in [7, 11) is 0. The molecule has 0 amide bonds. The highest BCUT2D eigenvalue weighted by Gasteiger charge is 2.45. The Morgan fingerprint density at radius 1 is 1.11 bits per heavy atom. The summed E-state index contributed by atoms with van der Waals surface area (Å²) >= 11 is 6.14. The highest BCUT2D eigenvalue weighted by molar-refractivity contribution is 6.30. The van der Waals surface area contributed by atoms with Gasteiger partial charge in [0.1, 0.15) is 11.5 Å². The first-order valence-electron chi connectivity index (χ1n) is 12.3. The molecule has 1 fully saturated rings. The van der Waals surface area contributed by atoms with Crippen LogP contribution in [0.5, 0.6) is 0 Å². The number of carbonyl (C=O) groups excluding carboxylic acids is 1. The first kappa shape index (κ1) is 26.8. The Bertz CT molecular complexity index is 1310. The van der Waals surface area contributed by atoms with Crippen molar-refractivity contribution < 1.29 is 18.3 Å². The van der Waals surface area contributed by atoms with Gasteiger partial charge in [0.05, 0.1) is 29.8 Å². The fourth-order valence-corrected chi connectivity index (χ4v) is 5.49. The molecule has 0 radical (unpaired) electrons. The number of halogens is 3. The Labute approximate surface area is 221 Å². The zero-order valence-corrected chi connectivity index (χ0v) is 21.8. The van der Waals surface area contributed by atoms with Crippen LogP contribution in [0.2, 0.25) is 5.02 Å². The van der Waals surface area contributed by atoms with Gasteiger partial charge < -0.3 is 4.74 Å². The molecular weight excluding hydrogens is 494 g/mol. The molecule has 1 heterocycles. The maximum atomic E-state index is 15.5. The van der Waals surface area contributed by atoms with E-state index in [4.69, 9.17) is 16.3 Å². The second kappa shape index (κ2) is 11.0. The largest absolute Gasteiger partial charge is 0.462 e. The van der Waals surface area contributed by atoms with Crippen molar-refractivity contribution in [3.63, 3.8) is 0 Å². The first-order valence-corrected chi connectivity index (χ1v) is 12.6. The van der Waals surface area contributed by atoms with Gasteiger partial charge in [0.2, 0.25) is 0 Å². The Morgan fingerprint density at radius 2 is 1.81 bits per heavy atom. The lowest BCUT2D eigenvalue weighted by Crippen LogP contribution is -2.53. The van der Waals surface area contributed by atoms with Gasteiger partial charge in [-0.1, -0.05) is 35.9 Å². The zero-order chi connectivity index (χ0) is 26.7. The van der Waals surface area contributed by atoms with Crippen LogP contribution in [-0.2, 0) is 4.74 Å². The van der Waals surface area contributed by atoms with E-state index in [0.29, 0.717) is 29.2 Å². The molecule has 0 saturated carbocycles. The third-order valence-electron chi connectivity index (χ3n) is 6.82. The van der Waals surface area contributed by atoms with Crippen LogP contribution < -0.4 is 0 Å². The van der Waals surface area contributed by atoms with Crippen molar-refractivity contribution in [2.75, 3.05) is 19.7 Å². The molecular formula is C30H29ClF2N2O2. The molecule has 0 spiro atoms. The normalized spacial score (nSPS) is 15.9. The number of rotatable bonds is 8. The Morgan fingerprint density at radius 3 is 2.43 bits per heavy atom. The molecule has 192 valence electrons. The molecule has 37 heavy (non-hydrogen) atoms. The summed E-state index contributed by atoms with van der Waals surface area (Å²) in [6, 6.07) is 20.7. The van der Waals surface area contributed by atoms with Crippen molar-refractivity contribution in [1.29, 1.82) is 5.26 Å². The smallest absolute Gasteiger partial charge is 0.338 e. The number of hydrogen-bond donors (Lipinski definition) is 0. The van der Waals surface area contributed by atoms with Crippen molar-refractivity contribution in [3.8, 4) is 6.07 Å². The predicted molar refractivity (Wildman–Crippen MR) is 140 cm³/mol. The minimum Gasteiger partial charge on any atom is -0.462 e. The van der Waals surface area contributed by atoms with Gasteiger partial charge in [0, 0.05) is 24.0 Å². The molecule has 1 saturated heterocycles. The van der Waals surface area contributed by atoms with Crippen molar-refractivity contribution in [3.05, 3.63) is 105 Å². The Balaban J connectivity index is 1.67. The van der Waals surface area contributed by atoms with Crippen LogP contribution in [0.4, 0.5) is 8.78 Å². The highest BCUT2D eigenvalue weighted by Crippen LogP contribution is 2.45. The van der Waals surface area contributed by atoms with E-state index in [0.717, 1.165) is 17.2 Å². The van der Waals surface area contributed by atoms with E-state index in [2.05, 4.69) is 4.90 Å².